The Bertz CT molecular complexity index is 367. The van der Waals surface area contributed by atoms with Gasteiger partial charge in [-0.15, -0.1) is 0 Å². The Balaban J connectivity index is 2.22. The highest BCUT2D eigenvalue weighted by atomic mass is 32.2. The molecule has 0 bridgehead atoms. The first kappa shape index (κ1) is 9.59. The Morgan fingerprint density at radius 1 is 1.29 bits per heavy atom. The lowest BCUT2D eigenvalue weighted by Crippen LogP contribution is -2.14. The van der Waals surface area contributed by atoms with Crippen molar-refractivity contribution in [2.24, 2.45) is 4.99 Å². The van der Waals surface area contributed by atoms with E-state index in [0.717, 1.165) is 17.2 Å². The van der Waals surface area contributed by atoms with Crippen LogP contribution < -0.4 is 0 Å². The number of aliphatic imine (C=N–C) groups is 1. The number of phenolic OH excluding ortho intramolecular Hbond substituents is 1. The highest BCUT2D eigenvalue weighted by Gasteiger charge is 2.27. The molecule has 2 rings (SSSR count). The van der Waals surface area contributed by atoms with Crippen LogP contribution in [0.5, 0.6) is 5.75 Å². The Kier molecular flexibility index (Phi) is 2.27. The molecule has 1 aliphatic rings. The fourth-order valence-electron chi connectivity index (χ4n) is 1.34. The molecule has 0 fully saturated rings. The number of hydrogen-bond donors (Lipinski definition) is 1. The maximum atomic E-state index is 9.16. The molecule has 2 nitrogen and oxygen atoms in total. The lowest BCUT2D eigenvalue weighted by atomic mass is 10.2. The number of benzene rings is 1. The minimum Gasteiger partial charge on any atom is -0.508 e. The summed E-state index contributed by atoms with van der Waals surface area (Å²) in [5.74, 6) is 0.302. The molecule has 0 spiro atoms. The van der Waals surface area contributed by atoms with Crippen LogP contribution in [0.15, 0.2) is 29.3 Å². The van der Waals surface area contributed by atoms with E-state index in [1.165, 1.54) is 0 Å². The summed E-state index contributed by atoms with van der Waals surface area (Å²) in [6.45, 7) is 5.25. The molecule has 1 N–H and O–H groups in total. The van der Waals surface area contributed by atoms with Gasteiger partial charge >= 0.3 is 0 Å². The van der Waals surface area contributed by atoms with Crippen molar-refractivity contribution in [2.45, 2.75) is 18.6 Å². The number of aromatic hydroxyl groups is 1. The maximum absolute atomic E-state index is 9.16. The predicted molar refractivity (Wildman–Crippen MR) is 61.2 cm³/mol. The molecule has 0 atom stereocenters. The molecule has 0 unspecified atom stereocenters. The molecule has 1 aliphatic heterocycles. The van der Waals surface area contributed by atoms with Gasteiger partial charge in [0.05, 0.1) is 11.6 Å². The Labute approximate surface area is 88.1 Å². The molecule has 14 heavy (non-hydrogen) atoms. The van der Waals surface area contributed by atoms with Gasteiger partial charge in [-0.05, 0) is 38.1 Å². The fourth-order valence-corrected chi connectivity index (χ4v) is 2.38. The zero-order valence-corrected chi connectivity index (χ0v) is 9.14. The summed E-state index contributed by atoms with van der Waals surface area (Å²) in [7, 11) is 0. The molecule has 3 heteroatoms. The molecule has 1 heterocycles. The summed E-state index contributed by atoms with van der Waals surface area (Å²) in [6, 6.07) is 7.21. The first-order valence-corrected chi connectivity index (χ1v) is 5.41. The summed E-state index contributed by atoms with van der Waals surface area (Å²) in [4.78, 5) is 4.49. The molecule has 0 aromatic heterocycles. The van der Waals surface area contributed by atoms with E-state index in [-0.39, 0.29) is 4.75 Å². The second-order valence-electron chi connectivity index (χ2n) is 4.03. The third kappa shape index (κ3) is 1.93. The fraction of sp³-hybridized carbons (Fsp3) is 0.364. The van der Waals surface area contributed by atoms with Crippen molar-refractivity contribution in [2.75, 3.05) is 6.54 Å². The second-order valence-corrected chi connectivity index (χ2v) is 5.73. The SMILES string of the molecule is CC1(C)CN=C(c2ccc(O)cc2)S1. The van der Waals surface area contributed by atoms with Crippen molar-refractivity contribution in [1.82, 2.24) is 0 Å². The second kappa shape index (κ2) is 3.31. The quantitative estimate of drug-likeness (QED) is 0.768. The van der Waals surface area contributed by atoms with Crippen molar-refractivity contribution < 1.29 is 5.11 Å². The number of hydrogen-bond acceptors (Lipinski definition) is 3. The molecule has 0 radical (unpaired) electrons. The molecule has 74 valence electrons. The van der Waals surface area contributed by atoms with Crippen molar-refractivity contribution in [3.8, 4) is 5.75 Å². The van der Waals surface area contributed by atoms with Crippen LogP contribution in [0.1, 0.15) is 19.4 Å². The van der Waals surface area contributed by atoms with E-state index in [2.05, 4.69) is 18.8 Å². The Morgan fingerprint density at radius 2 is 1.93 bits per heavy atom. The number of phenols is 1. The number of rotatable bonds is 1. The molecular formula is C11H13NOS. The van der Waals surface area contributed by atoms with Gasteiger partial charge in [0.2, 0.25) is 0 Å². The molecule has 0 aliphatic carbocycles. The van der Waals surface area contributed by atoms with Gasteiger partial charge in [0.25, 0.3) is 0 Å². The van der Waals surface area contributed by atoms with Gasteiger partial charge in [-0.3, -0.25) is 4.99 Å². The molecule has 1 aromatic rings. The van der Waals surface area contributed by atoms with Gasteiger partial charge in [-0.1, -0.05) is 11.8 Å². The van der Waals surface area contributed by atoms with E-state index in [0.29, 0.717) is 5.75 Å². The minimum atomic E-state index is 0.215. The van der Waals surface area contributed by atoms with Crippen LogP contribution >= 0.6 is 11.8 Å². The first-order chi connectivity index (χ1) is 6.57. The van der Waals surface area contributed by atoms with Gasteiger partial charge in [-0.25, -0.2) is 0 Å². The van der Waals surface area contributed by atoms with E-state index in [9.17, 15) is 0 Å². The Morgan fingerprint density at radius 3 is 2.43 bits per heavy atom. The molecule has 1 aromatic carbocycles. The lowest BCUT2D eigenvalue weighted by molar-refractivity contribution is 0.475. The van der Waals surface area contributed by atoms with Crippen LogP contribution in [0, 0.1) is 0 Å². The van der Waals surface area contributed by atoms with E-state index in [1.54, 1.807) is 23.9 Å². The average molecular weight is 207 g/mol. The minimum absolute atomic E-state index is 0.215. The van der Waals surface area contributed by atoms with E-state index in [4.69, 9.17) is 5.11 Å². The van der Waals surface area contributed by atoms with Gasteiger partial charge < -0.3 is 5.11 Å². The van der Waals surface area contributed by atoms with Crippen LogP contribution in [0.2, 0.25) is 0 Å². The van der Waals surface area contributed by atoms with E-state index >= 15 is 0 Å². The lowest BCUT2D eigenvalue weighted by Gasteiger charge is -2.13. The highest BCUT2D eigenvalue weighted by Crippen LogP contribution is 2.34. The van der Waals surface area contributed by atoms with E-state index in [1.807, 2.05) is 12.1 Å². The number of nitrogens with zero attached hydrogens (tertiary/aromatic N) is 1. The van der Waals surface area contributed by atoms with Crippen molar-refractivity contribution >= 4 is 16.8 Å². The summed E-state index contributed by atoms with van der Waals surface area (Å²) in [5.41, 5.74) is 1.10. The summed E-state index contributed by atoms with van der Waals surface area (Å²) < 4.78 is 0.215. The average Bonchev–Trinajstić information content (AvgIpc) is 2.47. The van der Waals surface area contributed by atoms with Gasteiger partial charge in [0, 0.05) is 10.3 Å². The molecule has 0 saturated heterocycles. The third-order valence-corrected chi connectivity index (χ3v) is 3.33. The van der Waals surface area contributed by atoms with Crippen LogP contribution in [0.4, 0.5) is 0 Å². The largest absolute Gasteiger partial charge is 0.508 e. The summed E-state index contributed by atoms with van der Waals surface area (Å²) in [6.07, 6.45) is 0. The Hall–Kier alpha value is -0.960. The molecule has 0 amide bonds. The van der Waals surface area contributed by atoms with Crippen LogP contribution in [-0.4, -0.2) is 21.4 Å². The van der Waals surface area contributed by atoms with E-state index < -0.39 is 0 Å². The maximum Gasteiger partial charge on any atom is 0.115 e. The summed E-state index contributed by atoms with van der Waals surface area (Å²) in [5, 5.41) is 10.2. The highest BCUT2D eigenvalue weighted by molar-refractivity contribution is 8.15. The predicted octanol–water partition coefficient (Wildman–Crippen LogP) is 2.66. The molecule has 0 saturated carbocycles. The van der Waals surface area contributed by atoms with Crippen LogP contribution in [0.3, 0.4) is 0 Å². The number of thioether (sulfide) groups is 1. The van der Waals surface area contributed by atoms with Crippen molar-refractivity contribution in [3.05, 3.63) is 29.8 Å². The van der Waals surface area contributed by atoms with Crippen LogP contribution in [-0.2, 0) is 0 Å². The van der Waals surface area contributed by atoms with Gasteiger partial charge in [0.1, 0.15) is 5.75 Å². The normalized spacial score (nSPS) is 19.4. The smallest absolute Gasteiger partial charge is 0.115 e. The first-order valence-electron chi connectivity index (χ1n) is 4.60. The van der Waals surface area contributed by atoms with Crippen molar-refractivity contribution in [3.63, 3.8) is 0 Å². The standard InChI is InChI=1S/C11H13NOS/c1-11(2)7-12-10(14-11)8-3-5-9(13)6-4-8/h3-6,13H,7H2,1-2H3. The van der Waals surface area contributed by atoms with Gasteiger partial charge in [0.15, 0.2) is 0 Å². The summed E-state index contributed by atoms with van der Waals surface area (Å²) >= 11 is 1.80. The van der Waals surface area contributed by atoms with Crippen molar-refractivity contribution in [1.29, 1.82) is 0 Å². The topological polar surface area (TPSA) is 32.6 Å². The monoisotopic (exact) mass is 207 g/mol. The zero-order valence-electron chi connectivity index (χ0n) is 8.32. The zero-order chi connectivity index (χ0) is 10.2. The van der Waals surface area contributed by atoms with Gasteiger partial charge in [-0.2, -0.15) is 0 Å². The third-order valence-electron chi connectivity index (χ3n) is 2.09. The van der Waals surface area contributed by atoms with Crippen LogP contribution in [0.25, 0.3) is 0 Å². The molecular weight excluding hydrogens is 194 g/mol.